The van der Waals surface area contributed by atoms with Crippen molar-refractivity contribution in [2.24, 2.45) is 0 Å². The predicted molar refractivity (Wildman–Crippen MR) is 83.9 cm³/mol. The number of hydrogen-bond acceptors (Lipinski definition) is 4. The molecule has 2 rings (SSSR count). The number of anilines is 1. The first-order chi connectivity index (χ1) is 9.95. The smallest absolute Gasteiger partial charge is 0.273 e. The number of likely N-dealkylation sites (N-methyl/N-ethyl adjacent to an activating group) is 1. The van der Waals surface area contributed by atoms with Crippen molar-refractivity contribution < 1.29 is 12.8 Å². The van der Waals surface area contributed by atoms with Crippen LogP contribution in [0.3, 0.4) is 0 Å². The van der Waals surface area contributed by atoms with Crippen LogP contribution in [-0.4, -0.2) is 29.1 Å². The molecule has 4 nitrogen and oxygen atoms in total. The van der Waals surface area contributed by atoms with E-state index in [2.05, 4.69) is 5.32 Å². The molecule has 0 aliphatic carbocycles. The molecule has 0 saturated carbocycles. The number of benzene rings is 1. The third-order valence-electron chi connectivity index (χ3n) is 3.04. The molecule has 0 bridgehead atoms. The number of sulfonamides is 1. The molecular weight excluding hydrogens is 311 g/mol. The summed E-state index contributed by atoms with van der Waals surface area (Å²) in [5.74, 6) is -0.463. The zero-order valence-corrected chi connectivity index (χ0v) is 13.5. The highest BCUT2D eigenvalue weighted by Crippen LogP contribution is 2.28. The highest BCUT2D eigenvalue weighted by atomic mass is 32.2. The first-order valence-electron chi connectivity index (χ1n) is 6.43. The van der Waals surface area contributed by atoms with E-state index in [1.54, 1.807) is 12.1 Å². The molecular formula is C14H17FN2O2S2. The van der Waals surface area contributed by atoms with E-state index in [1.807, 2.05) is 13.1 Å². The molecule has 1 aromatic carbocycles. The normalized spacial score (nSPS) is 11.6. The van der Waals surface area contributed by atoms with Crippen molar-refractivity contribution >= 4 is 27.0 Å². The second-order valence-corrected chi connectivity index (χ2v) is 7.89. The maximum atomic E-state index is 13.2. The van der Waals surface area contributed by atoms with Crippen LogP contribution in [0.15, 0.2) is 40.6 Å². The van der Waals surface area contributed by atoms with Crippen molar-refractivity contribution in [1.82, 2.24) is 5.32 Å². The molecule has 21 heavy (non-hydrogen) atoms. The van der Waals surface area contributed by atoms with Gasteiger partial charge in [-0.2, -0.15) is 0 Å². The van der Waals surface area contributed by atoms with Gasteiger partial charge in [-0.25, -0.2) is 12.8 Å². The molecule has 7 heteroatoms. The van der Waals surface area contributed by atoms with Crippen LogP contribution in [-0.2, 0) is 16.4 Å². The largest absolute Gasteiger partial charge is 0.319 e. The van der Waals surface area contributed by atoms with Crippen molar-refractivity contribution in [3.63, 3.8) is 0 Å². The average molecular weight is 328 g/mol. The summed E-state index contributed by atoms with van der Waals surface area (Å²) in [6.45, 7) is 0.791. The van der Waals surface area contributed by atoms with Crippen LogP contribution in [0, 0.1) is 5.82 Å². The van der Waals surface area contributed by atoms with E-state index in [4.69, 9.17) is 0 Å². The van der Waals surface area contributed by atoms with Gasteiger partial charge < -0.3 is 5.32 Å². The minimum Gasteiger partial charge on any atom is -0.319 e. The van der Waals surface area contributed by atoms with Gasteiger partial charge in [-0.05, 0) is 50.3 Å². The van der Waals surface area contributed by atoms with Crippen LogP contribution in [0.5, 0.6) is 0 Å². The second-order valence-electron chi connectivity index (χ2n) is 4.53. The van der Waals surface area contributed by atoms with Crippen molar-refractivity contribution in [3.05, 3.63) is 47.1 Å². The number of nitrogens with zero attached hydrogens (tertiary/aromatic N) is 1. The van der Waals surface area contributed by atoms with Crippen LogP contribution < -0.4 is 9.62 Å². The lowest BCUT2D eigenvalue weighted by Crippen LogP contribution is -2.25. The number of rotatable bonds is 6. The summed E-state index contributed by atoms with van der Waals surface area (Å²) < 4.78 is 39.7. The fourth-order valence-corrected chi connectivity index (χ4v) is 4.54. The summed E-state index contributed by atoms with van der Waals surface area (Å²) in [5.41, 5.74) is 0.306. The van der Waals surface area contributed by atoms with Crippen molar-refractivity contribution in [1.29, 1.82) is 0 Å². The van der Waals surface area contributed by atoms with Crippen LogP contribution in [0.2, 0.25) is 0 Å². The van der Waals surface area contributed by atoms with Crippen molar-refractivity contribution in [2.45, 2.75) is 10.6 Å². The number of hydrogen-bond donors (Lipinski definition) is 1. The number of nitrogens with one attached hydrogen (secondary N) is 1. The molecule has 0 atom stereocenters. The van der Waals surface area contributed by atoms with Gasteiger partial charge in [0.2, 0.25) is 0 Å². The molecule has 2 aromatic rings. The van der Waals surface area contributed by atoms with Gasteiger partial charge in [0.15, 0.2) is 0 Å². The van der Waals surface area contributed by atoms with E-state index < -0.39 is 15.8 Å². The topological polar surface area (TPSA) is 49.4 Å². The summed E-state index contributed by atoms with van der Waals surface area (Å²) >= 11 is 1.24. The minimum atomic E-state index is -3.65. The average Bonchev–Trinajstić information content (AvgIpc) is 2.93. The van der Waals surface area contributed by atoms with E-state index in [9.17, 15) is 12.8 Å². The molecule has 1 aromatic heterocycles. The van der Waals surface area contributed by atoms with Crippen LogP contribution in [0.4, 0.5) is 10.1 Å². The highest BCUT2D eigenvalue weighted by molar-refractivity contribution is 7.94. The molecule has 0 amide bonds. The summed E-state index contributed by atoms with van der Waals surface area (Å²) in [4.78, 5) is 0.996. The zero-order valence-electron chi connectivity index (χ0n) is 11.8. The lowest BCUT2D eigenvalue weighted by Gasteiger charge is -2.18. The van der Waals surface area contributed by atoms with Gasteiger partial charge in [0.05, 0.1) is 5.69 Å². The zero-order chi connectivity index (χ0) is 15.5. The lowest BCUT2D eigenvalue weighted by molar-refractivity contribution is 0.596. The van der Waals surface area contributed by atoms with Crippen LogP contribution in [0.25, 0.3) is 0 Å². The third-order valence-corrected chi connectivity index (χ3v) is 6.44. The Balaban J connectivity index is 2.26. The Labute approximate surface area is 128 Å². The fraction of sp³-hybridized carbons (Fsp3) is 0.286. The van der Waals surface area contributed by atoms with Gasteiger partial charge in [-0.3, -0.25) is 4.31 Å². The summed E-state index contributed by atoms with van der Waals surface area (Å²) in [6, 6.07) is 8.95. The van der Waals surface area contributed by atoms with Gasteiger partial charge in [0.25, 0.3) is 10.0 Å². The minimum absolute atomic E-state index is 0.264. The summed E-state index contributed by atoms with van der Waals surface area (Å²) in [7, 11) is -0.370. The van der Waals surface area contributed by atoms with Crippen molar-refractivity contribution in [3.8, 4) is 0 Å². The van der Waals surface area contributed by atoms with Gasteiger partial charge in [-0.1, -0.05) is 6.07 Å². The standard InChI is InChI=1S/C14H17FN2O2S2/c1-16-9-8-13-6-7-14(20-13)21(18,19)17(2)12-5-3-4-11(15)10-12/h3-7,10,16H,8-9H2,1-2H3. The van der Waals surface area contributed by atoms with Crippen molar-refractivity contribution in [2.75, 3.05) is 24.9 Å². The van der Waals surface area contributed by atoms with Gasteiger partial charge in [0.1, 0.15) is 10.0 Å². The SMILES string of the molecule is CNCCc1ccc(S(=O)(=O)N(C)c2cccc(F)c2)s1. The monoisotopic (exact) mass is 328 g/mol. The quantitative estimate of drug-likeness (QED) is 0.886. The maximum absolute atomic E-state index is 13.2. The first kappa shape index (κ1) is 15.9. The second kappa shape index (κ2) is 6.55. The van der Waals surface area contributed by atoms with Crippen LogP contribution >= 0.6 is 11.3 Å². The first-order valence-corrected chi connectivity index (χ1v) is 8.68. The number of halogens is 1. The van der Waals surface area contributed by atoms with E-state index in [0.717, 1.165) is 22.1 Å². The molecule has 0 saturated heterocycles. The maximum Gasteiger partial charge on any atom is 0.273 e. The fourth-order valence-electron chi connectivity index (χ4n) is 1.83. The van der Waals surface area contributed by atoms with E-state index >= 15 is 0 Å². The Hall–Kier alpha value is -1.44. The molecule has 0 aliphatic rings. The number of thiophene rings is 1. The molecule has 1 N–H and O–H groups in total. The van der Waals surface area contributed by atoms with E-state index in [0.29, 0.717) is 5.69 Å². The highest BCUT2D eigenvalue weighted by Gasteiger charge is 2.23. The Bertz CT molecular complexity index is 713. The summed E-state index contributed by atoms with van der Waals surface area (Å²) in [6.07, 6.45) is 0.778. The predicted octanol–water partition coefficient (Wildman–Crippen LogP) is 2.47. The lowest BCUT2D eigenvalue weighted by atomic mass is 10.3. The summed E-state index contributed by atoms with van der Waals surface area (Å²) in [5, 5.41) is 3.02. The van der Waals surface area contributed by atoms with Crippen LogP contribution in [0.1, 0.15) is 4.88 Å². The molecule has 0 fully saturated rings. The Kier molecular flexibility index (Phi) is 4.97. The molecule has 0 spiro atoms. The molecule has 0 unspecified atom stereocenters. The Morgan fingerprint density at radius 3 is 2.71 bits per heavy atom. The molecule has 1 heterocycles. The van der Waals surface area contributed by atoms with E-state index in [1.165, 1.54) is 36.6 Å². The molecule has 0 radical (unpaired) electrons. The Morgan fingerprint density at radius 1 is 1.29 bits per heavy atom. The molecule has 0 aliphatic heterocycles. The van der Waals surface area contributed by atoms with Gasteiger partial charge in [0, 0.05) is 11.9 Å². The van der Waals surface area contributed by atoms with Gasteiger partial charge >= 0.3 is 0 Å². The third kappa shape index (κ3) is 3.61. The Morgan fingerprint density at radius 2 is 2.05 bits per heavy atom. The van der Waals surface area contributed by atoms with Gasteiger partial charge in [-0.15, -0.1) is 11.3 Å². The molecule has 114 valence electrons. The van der Waals surface area contributed by atoms with E-state index in [-0.39, 0.29) is 4.21 Å².